The lowest BCUT2D eigenvalue weighted by molar-refractivity contribution is -0.117. The number of ether oxygens (including phenoxy) is 1. The first-order valence-electron chi connectivity index (χ1n) is 8.32. The Hall–Kier alpha value is -2.56. The van der Waals surface area contributed by atoms with Crippen molar-refractivity contribution < 1.29 is 18.3 Å². The smallest absolute Gasteiger partial charge is 0.241 e. The highest BCUT2D eigenvalue weighted by molar-refractivity contribution is 7.79. The van der Waals surface area contributed by atoms with E-state index in [1.54, 1.807) is 44.2 Å². The van der Waals surface area contributed by atoms with E-state index in [-0.39, 0.29) is 12.5 Å². The number of aryl methyl sites for hydroxylation is 1. The van der Waals surface area contributed by atoms with Gasteiger partial charge < -0.3 is 10.5 Å². The van der Waals surface area contributed by atoms with E-state index in [2.05, 4.69) is 24.5 Å². The summed E-state index contributed by atoms with van der Waals surface area (Å²) in [5.74, 6) is 5.17. The van der Waals surface area contributed by atoms with Gasteiger partial charge in [-0.1, -0.05) is 5.92 Å². The molecule has 7 heteroatoms. The van der Waals surface area contributed by atoms with Crippen molar-refractivity contribution in [2.24, 2.45) is 5.73 Å². The number of carbonyl (C=O) groups excluding carboxylic acids is 1. The van der Waals surface area contributed by atoms with Crippen LogP contribution >= 0.6 is 12.6 Å². The average molecular weight is 409 g/mol. The van der Waals surface area contributed by atoms with Gasteiger partial charge in [0.2, 0.25) is 5.91 Å². The molecule has 2 rings (SSSR count). The Balaban J connectivity index is 0.000000556. The quantitative estimate of drug-likeness (QED) is 0.597. The molecule has 1 amide bonds. The number of carbonyl (C=O) groups is 1. The maximum absolute atomic E-state index is 12.2. The van der Waals surface area contributed by atoms with Crippen LogP contribution in [0.3, 0.4) is 0 Å². The number of hydrogen-bond acceptors (Lipinski definition) is 4. The highest BCUT2D eigenvalue weighted by atomic mass is 32.1. The van der Waals surface area contributed by atoms with Gasteiger partial charge in [0.25, 0.3) is 0 Å². The number of rotatable bonds is 4. The summed E-state index contributed by atoms with van der Waals surface area (Å²) in [6.07, 6.45) is 1.69. The van der Waals surface area contributed by atoms with Crippen molar-refractivity contribution in [3.8, 4) is 17.6 Å². The summed E-state index contributed by atoms with van der Waals surface area (Å²) in [6.45, 7) is 3.70. The lowest BCUT2D eigenvalue weighted by atomic mass is 10.2. The largest absolute Gasteiger partial charge is 0.497 e. The average Bonchev–Trinajstić information content (AvgIpc) is 2.69. The van der Waals surface area contributed by atoms with Gasteiger partial charge in [-0.2, -0.15) is 12.6 Å². The summed E-state index contributed by atoms with van der Waals surface area (Å²) in [5.41, 5.74) is 6.75. The zero-order chi connectivity index (χ0) is 21.5. The Morgan fingerprint density at radius 2 is 1.68 bits per heavy atom. The summed E-state index contributed by atoms with van der Waals surface area (Å²) >= 11 is 3.53. The minimum atomic E-state index is -0.521. The summed E-state index contributed by atoms with van der Waals surface area (Å²) < 4.78 is 29.4. The molecule has 0 fully saturated rings. The molecule has 2 aromatic rings. The first-order valence-corrected chi connectivity index (χ1v) is 9.22. The fourth-order valence-electron chi connectivity index (χ4n) is 2.05. The van der Waals surface area contributed by atoms with Crippen LogP contribution < -0.4 is 15.4 Å². The predicted octanol–water partition coefficient (Wildman–Crippen LogP) is 3.83. The van der Waals surface area contributed by atoms with Gasteiger partial charge in [0.1, 0.15) is 17.4 Å². The van der Waals surface area contributed by atoms with E-state index in [9.17, 15) is 13.6 Å². The molecule has 2 aromatic carbocycles. The third kappa shape index (κ3) is 9.40. The maximum atomic E-state index is 12.2. The Bertz CT molecular complexity index is 737. The lowest BCUT2D eigenvalue weighted by Crippen LogP contribution is -2.36. The van der Waals surface area contributed by atoms with Gasteiger partial charge >= 0.3 is 0 Å². The Kier molecular flexibility index (Phi) is 13.2. The third-order valence-electron chi connectivity index (χ3n) is 3.28. The van der Waals surface area contributed by atoms with Crippen LogP contribution in [0.15, 0.2) is 42.5 Å². The number of nitrogens with two attached hydrogens (primary N) is 1. The third-order valence-corrected chi connectivity index (χ3v) is 3.28. The highest BCUT2D eigenvalue weighted by Gasteiger charge is 2.12. The van der Waals surface area contributed by atoms with Crippen molar-refractivity contribution >= 4 is 24.2 Å². The molecule has 0 aliphatic rings. The van der Waals surface area contributed by atoms with E-state index >= 15 is 0 Å². The summed E-state index contributed by atoms with van der Waals surface area (Å²) in [4.78, 5) is 13.2. The molecule has 0 saturated heterocycles. The van der Waals surface area contributed by atoms with E-state index in [0.717, 1.165) is 17.5 Å². The van der Waals surface area contributed by atoms with Crippen molar-refractivity contribution in [1.29, 1.82) is 0 Å². The van der Waals surface area contributed by atoms with Crippen LogP contribution in [0.2, 0.25) is 0 Å². The SMILES string of the molecule is CC#CCN(C(=O)CN)c1ccc(OC)cc1.CS.Cc1cc(F)cc(F)c1. The second kappa shape index (κ2) is 14.5. The number of benzene rings is 2. The van der Waals surface area contributed by atoms with E-state index in [4.69, 9.17) is 10.5 Å². The van der Waals surface area contributed by atoms with E-state index in [0.29, 0.717) is 12.1 Å². The standard InChI is InChI=1S/C13H16N2O2.C7H6F2.CH4S/c1-3-4-9-15(13(16)10-14)11-5-7-12(17-2)8-6-11;1-5-2-6(8)4-7(9)3-5;1-2/h5-8H,9-10,14H2,1-2H3;2-4H,1H3;2H,1H3. The van der Waals surface area contributed by atoms with Crippen molar-refractivity contribution in [2.75, 3.05) is 31.4 Å². The van der Waals surface area contributed by atoms with Crippen molar-refractivity contribution in [3.05, 3.63) is 59.7 Å². The zero-order valence-corrected chi connectivity index (χ0v) is 17.4. The van der Waals surface area contributed by atoms with Gasteiger partial charge in [0.05, 0.1) is 20.2 Å². The van der Waals surface area contributed by atoms with E-state index < -0.39 is 11.6 Å². The second-order valence-corrected chi connectivity index (χ2v) is 5.26. The van der Waals surface area contributed by atoms with E-state index in [1.807, 2.05) is 12.1 Å². The van der Waals surface area contributed by atoms with Crippen molar-refractivity contribution in [3.63, 3.8) is 0 Å². The van der Waals surface area contributed by atoms with Gasteiger partial charge in [0, 0.05) is 11.8 Å². The number of anilines is 1. The number of thiol groups is 1. The predicted molar refractivity (Wildman–Crippen MR) is 114 cm³/mol. The van der Waals surface area contributed by atoms with Crippen LogP contribution in [0.5, 0.6) is 5.75 Å². The van der Waals surface area contributed by atoms with E-state index in [1.165, 1.54) is 12.1 Å². The Morgan fingerprint density at radius 3 is 2.07 bits per heavy atom. The Labute approximate surface area is 171 Å². The molecular weight excluding hydrogens is 382 g/mol. The van der Waals surface area contributed by atoms with Crippen LogP contribution in [0.1, 0.15) is 12.5 Å². The topological polar surface area (TPSA) is 55.6 Å². The summed E-state index contributed by atoms with van der Waals surface area (Å²) in [5, 5.41) is 0. The number of methoxy groups -OCH3 is 1. The molecule has 0 unspecified atom stereocenters. The summed E-state index contributed by atoms with van der Waals surface area (Å²) in [6, 6.07) is 10.6. The van der Waals surface area contributed by atoms with Gasteiger partial charge in [-0.15, -0.1) is 5.92 Å². The van der Waals surface area contributed by atoms with Gasteiger partial charge in [-0.3, -0.25) is 9.69 Å². The number of hydrogen-bond donors (Lipinski definition) is 2. The van der Waals surface area contributed by atoms with Crippen molar-refractivity contribution in [1.82, 2.24) is 0 Å². The minimum Gasteiger partial charge on any atom is -0.497 e. The van der Waals surface area contributed by atoms with Gasteiger partial charge in [0.15, 0.2) is 0 Å². The first-order chi connectivity index (χ1) is 13.4. The molecule has 0 spiro atoms. The van der Waals surface area contributed by atoms with Crippen LogP contribution in [0.25, 0.3) is 0 Å². The second-order valence-electron chi connectivity index (χ2n) is 5.26. The molecule has 28 heavy (non-hydrogen) atoms. The maximum Gasteiger partial charge on any atom is 0.241 e. The van der Waals surface area contributed by atoms with Gasteiger partial charge in [-0.25, -0.2) is 8.78 Å². The molecule has 0 atom stereocenters. The van der Waals surface area contributed by atoms with Crippen LogP contribution in [-0.2, 0) is 4.79 Å². The molecule has 152 valence electrons. The zero-order valence-electron chi connectivity index (χ0n) is 16.5. The molecule has 0 heterocycles. The first kappa shape index (κ1) is 25.4. The minimum absolute atomic E-state index is 0.0303. The number of amides is 1. The molecule has 0 saturated carbocycles. The van der Waals surface area contributed by atoms with Gasteiger partial charge in [-0.05, 0) is 62.1 Å². The molecule has 2 N–H and O–H groups in total. The highest BCUT2D eigenvalue weighted by Crippen LogP contribution is 2.19. The molecule has 4 nitrogen and oxygen atoms in total. The molecule has 0 aliphatic carbocycles. The molecule has 0 radical (unpaired) electrons. The molecular formula is C21H26F2N2O2S. The normalized spacial score (nSPS) is 8.86. The number of nitrogens with zero attached hydrogens (tertiary/aromatic N) is 1. The van der Waals surface area contributed by atoms with Crippen LogP contribution in [0.4, 0.5) is 14.5 Å². The van der Waals surface area contributed by atoms with Crippen molar-refractivity contribution in [2.45, 2.75) is 13.8 Å². The monoisotopic (exact) mass is 408 g/mol. The lowest BCUT2D eigenvalue weighted by Gasteiger charge is -2.19. The number of halogens is 2. The fourth-order valence-corrected chi connectivity index (χ4v) is 2.05. The van der Waals surface area contributed by atoms with Crippen LogP contribution in [0, 0.1) is 30.4 Å². The summed E-state index contributed by atoms with van der Waals surface area (Å²) in [7, 11) is 1.60. The Morgan fingerprint density at radius 1 is 1.14 bits per heavy atom. The molecule has 0 bridgehead atoms. The molecule has 0 aromatic heterocycles. The van der Waals surface area contributed by atoms with Crippen LogP contribution in [-0.4, -0.2) is 32.4 Å². The fraction of sp³-hybridized carbons (Fsp3) is 0.286. The molecule has 0 aliphatic heterocycles.